The molecule has 0 amide bonds. The van der Waals surface area contributed by atoms with Crippen LogP contribution in [0.1, 0.15) is 17.0 Å². The number of hydrogen-bond acceptors (Lipinski definition) is 3. The van der Waals surface area contributed by atoms with Crippen molar-refractivity contribution in [1.82, 2.24) is 4.31 Å². The van der Waals surface area contributed by atoms with Gasteiger partial charge in [-0.3, -0.25) is 0 Å². The van der Waals surface area contributed by atoms with E-state index < -0.39 is 26.6 Å². The van der Waals surface area contributed by atoms with Crippen LogP contribution in [0.15, 0.2) is 47.4 Å². The maximum atomic E-state index is 14.0. The summed E-state index contributed by atoms with van der Waals surface area (Å²) in [6.07, 6.45) is 0. The number of rotatable bonds is 3. The van der Waals surface area contributed by atoms with Gasteiger partial charge in [-0.15, -0.1) is 0 Å². The van der Waals surface area contributed by atoms with Crippen molar-refractivity contribution in [3.63, 3.8) is 0 Å². The molecule has 2 aromatic rings. The van der Waals surface area contributed by atoms with Crippen molar-refractivity contribution < 1.29 is 17.2 Å². The summed E-state index contributed by atoms with van der Waals surface area (Å²) in [5, 5.41) is 0. The first-order chi connectivity index (χ1) is 11.3. The molecule has 1 fully saturated rings. The van der Waals surface area contributed by atoms with Gasteiger partial charge in [-0.1, -0.05) is 30.3 Å². The molecule has 2 N–H and O–H groups in total. The second-order valence-electron chi connectivity index (χ2n) is 6.03. The summed E-state index contributed by atoms with van der Waals surface area (Å²) in [6.45, 7) is 1.66. The molecule has 0 aliphatic carbocycles. The highest BCUT2D eigenvalue weighted by Crippen LogP contribution is 2.31. The van der Waals surface area contributed by atoms with E-state index in [2.05, 4.69) is 0 Å². The molecule has 128 valence electrons. The molecule has 1 aliphatic rings. The number of nitrogens with zero attached hydrogens (tertiary/aromatic N) is 1. The highest BCUT2D eigenvalue weighted by atomic mass is 32.2. The summed E-state index contributed by atoms with van der Waals surface area (Å²) in [5.41, 5.74) is 7.13. The molecule has 0 spiro atoms. The average molecular weight is 352 g/mol. The maximum absolute atomic E-state index is 14.0. The Morgan fingerprint density at radius 1 is 1.08 bits per heavy atom. The Kier molecular flexibility index (Phi) is 4.42. The van der Waals surface area contributed by atoms with E-state index in [-0.39, 0.29) is 30.6 Å². The molecule has 0 aromatic heterocycles. The van der Waals surface area contributed by atoms with Crippen LogP contribution in [0.3, 0.4) is 0 Å². The minimum absolute atomic E-state index is 0.0816. The van der Waals surface area contributed by atoms with Gasteiger partial charge < -0.3 is 5.73 Å². The van der Waals surface area contributed by atoms with Gasteiger partial charge in [-0.05, 0) is 24.1 Å². The fourth-order valence-electron chi connectivity index (χ4n) is 3.01. The van der Waals surface area contributed by atoms with Crippen LogP contribution in [-0.2, 0) is 10.0 Å². The fraction of sp³-hybridized carbons (Fsp3) is 0.294. The SMILES string of the molecule is Cc1cc(S(=O)(=O)N2C[C@@H](N)[C@H](c3ccccc3)C2)c(F)cc1F. The lowest BCUT2D eigenvalue weighted by molar-refractivity contribution is 0.461. The summed E-state index contributed by atoms with van der Waals surface area (Å²) >= 11 is 0. The molecule has 1 saturated heterocycles. The average Bonchev–Trinajstić information content (AvgIpc) is 2.94. The quantitative estimate of drug-likeness (QED) is 0.923. The van der Waals surface area contributed by atoms with E-state index in [0.717, 1.165) is 11.6 Å². The minimum atomic E-state index is -4.07. The Balaban J connectivity index is 1.93. The van der Waals surface area contributed by atoms with Crippen molar-refractivity contribution in [2.24, 2.45) is 5.73 Å². The fourth-order valence-corrected chi connectivity index (χ4v) is 4.64. The van der Waals surface area contributed by atoms with Crippen molar-refractivity contribution in [2.45, 2.75) is 23.8 Å². The predicted octanol–water partition coefficient (Wildman–Crippen LogP) is 2.39. The van der Waals surface area contributed by atoms with Crippen molar-refractivity contribution in [3.8, 4) is 0 Å². The van der Waals surface area contributed by atoms with Gasteiger partial charge in [-0.25, -0.2) is 17.2 Å². The van der Waals surface area contributed by atoms with Crippen LogP contribution in [0.25, 0.3) is 0 Å². The Labute approximate surface area is 139 Å². The van der Waals surface area contributed by atoms with Crippen LogP contribution < -0.4 is 5.73 Å². The zero-order valence-electron chi connectivity index (χ0n) is 13.1. The van der Waals surface area contributed by atoms with Gasteiger partial charge >= 0.3 is 0 Å². The molecule has 1 aliphatic heterocycles. The van der Waals surface area contributed by atoms with Gasteiger partial charge in [-0.2, -0.15) is 4.31 Å². The van der Waals surface area contributed by atoms with Crippen molar-refractivity contribution in [3.05, 3.63) is 65.2 Å². The van der Waals surface area contributed by atoms with E-state index in [1.165, 1.54) is 11.2 Å². The molecule has 4 nitrogen and oxygen atoms in total. The topological polar surface area (TPSA) is 63.4 Å². The standard InChI is InChI=1S/C17H18F2N2O2S/c1-11-7-17(15(19)8-14(11)18)24(22,23)21-9-13(16(20)10-21)12-5-3-2-4-6-12/h2-8,13,16H,9-10,20H2,1H3/t13-,16+/m0/s1. The summed E-state index contributed by atoms with van der Waals surface area (Å²) in [6, 6.07) is 10.6. The zero-order chi connectivity index (χ0) is 17.5. The molecule has 2 atom stereocenters. The van der Waals surface area contributed by atoms with Gasteiger partial charge in [0.05, 0.1) is 0 Å². The van der Waals surface area contributed by atoms with E-state index in [1.807, 2.05) is 30.3 Å². The summed E-state index contributed by atoms with van der Waals surface area (Å²) in [5.74, 6) is -2.02. The molecule has 0 saturated carbocycles. The van der Waals surface area contributed by atoms with Crippen LogP contribution >= 0.6 is 0 Å². The smallest absolute Gasteiger partial charge is 0.246 e. The highest BCUT2D eigenvalue weighted by Gasteiger charge is 2.39. The first-order valence-electron chi connectivity index (χ1n) is 7.57. The lowest BCUT2D eigenvalue weighted by Crippen LogP contribution is -2.32. The molecule has 3 rings (SSSR count). The molecular formula is C17H18F2N2O2S. The molecule has 1 heterocycles. The minimum Gasteiger partial charge on any atom is -0.326 e. The highest BCUT2D eigenvalue weighted by molar-refractivity contribution is 7.89. The normalized spacial score (nSPS) is 22.0. The monoisotopic (exact) mass is 352 g/mol. The Hall–Kier alpha value is -1.83. The van der Waals surface area contributed by atoms with E-state index >= 15 is 0 Å². The lowest BCUT2D eigenvalue weighted by Gasteiger charge is -2.17. The van der Waals surface area contributed by atoms with E-state index in [4.69, 9.17) is 5.73 Å². The molecule has 2 aromatic carbocycles. The van der Waals surface area contributed by atoms with Crippen LogP contribution in [0, 0.1) is 18.6 Å². The number of sulfonamides is 1. The van der Waals surface area contributed by atoms with Crippen molar-refractivity contribution in [2.75, 3.05) is 13.1 Å². The Morgan fingerprint density at radius 3 is 2.42 bits per heavy atom. The third-order valence-corrected chi connectivity index (χ3v) is 6.24. The second kappa shape index (κ2) is 6.23. The summed E-state index contributed by atoms with van der Waals surface area (Å²) in [7, 11) is -4.07. The first kappa shape index (κ1) is 17.0. The van der Waals surface area contributed by atoms with Gasteiger partial charge in [0.2, 0.25) is 10.0 Å². The molecule has 0 unspecified atom stereocenters. The van der Waals surface area contributed by atoms with Crippen molar-refractivity contribution in [1.29, 1.82) is 0 Å². The van der Waals surface area contributed by atoms with Crippen LogP contribution in [0.5, 0.6) is 0 Å². The van der Waals surface area contributed by atoms with Crippen LogP contribution in [-0.4, -0.2) is 31.9 Å². The third kappa shape index (κ3) is 2.94. The predicted molar refractivity (Wildman–Crippen MR) is 87.0 cm³/mol. The summed E-state index contributed by atoms with van der Waals surface area (Å²) < 4.78 is 54.1. The molecule has 0 bridgehead atoms. The van der Waals surface area contributed by atoms with Gasteiger partial charge in [0.15, 0.2) is 0 Å². The largest absolute Gasteiger partial charge is 0.326 e. The number of benzene rings is 2. The van der Waals surface area contributed by atoms with Gasteiger partial charge in [0.1, 0.15) is 16.5 Å². The van der Waals surface area contributed by atoms with Gasteiger partial charge in [0, 0.05) is 31.1 Å². The van der Waals surface area contributed by atoms with Crippen LogP contribution in [0.4, 0.5) is 8.78 Å². The van der Waals surface area contributed by atoms with Crippen LogP contribution in [0.2, 0.25) is 0 Å². The molecular weight excluding hydrogens is 334 g/mol. The molecule has 24 heavy (non-hydrogen) atoms. The zero-order valence-corrected chi connectivity index (χ0v) is 13.9. The van der Waals surface area contributed by atoms with E-state index in [9.17, 15) is 17.2 Å². The summed E-state index contributed by atoms with van der Waals surface area (Å²) in [4.78, 5) is -0.512. The van der Waals surface area contributed by atoms with Crippen molar-refractivity contribution >= 4 is 10.0 Å². The first-order valence-corrected chi connectivity index (χ1v) is 9.01. The second-order valence-corrected chi connectivity index (χ2v) is 7.94. The Bertz CT molecular complexity index is 856. The molecule has 0 radical (unpaired) electrons. The molecule has 7 heteroatoms. The number of hydrogen-bond donors (Lipinski definition) is 1. The number of aryl methyl sites for hydroxylation is 1. The maximum Gasteiger partial charge on any atom is 0.246 e. The lowest BCUT2D eigenvalue weighted by atomic mass is 9.95. The van der Waals surface area contributed by atoms with Gasteiger partial charge in [0.25, 0.3) is 0 Å². The number of nitrogens with two attached hydrogens (primary N) is 1. The Morgan fingerprint density at radius 2 is 1.75 bits per heavy atom. The third-order valence-electron chi connectivity index (χ3n) is 4.39. The number of halogens is 2. The van der Waals surface area contributed by atoms with E-state index in [1.54, 1.807) is 0 Å². The van der Waals surface area contributed by atoms with E-state index in [0.29, 0.717) is 6.07 Å².